The number of nitrogens with zero attached hydrogens (tertiary/aromatic N) is 4. The summed E-state index contributed by atoms with van der Waals surface area (Å²) in [4.78, 5) is 16.6. The highest BCUT2D eigenvalue weighted by Gasteiger charge is 2.48. The van der Waals surface area contributed by atoms with E-state index in [1.54, 1.807) is 17.0 Å². The Hall–Kier alpha value is -1.54. The molecule has 0 bridgehead atoms. The third-order valence-corrected chi connectivity index (χ3v) is 6.14. The first kappa shape index (κ1) is 16.3. The van der Waals surface area contributed by atoms with Gasteiger partial charge in [0, 0.05) is 31.9 Å². The number of carbonyl (C=O) groups excluding carboxylic acids is 1. The van der Waals surface area contributed by atoms with E-state index in [1.165, 1.54) is 6.20 Å². The maximum Gasteiger partial charge on any atom is 0.274 e. The van der Waals surface area contributed by atoms with Crippen molar-refractivity contribution < 1.29 is 13.2 Å². The number of fused-ring (bicyclic) bond motifs is 1. The standard InChI is InChI=1S/C15H22N4O3S/c1-11(2)8-18-6-7-19(14-10-23(21,22)9-13(14)18)15(20)12-4-3-5-16-17-12/h3-5,11,13-14H,6-10H2,1-2H3/t13-,14+/m0/s1. The molecule has 8 heteroatoms. The van der Waals surface area contributed by atoms with Crippen LogP contribution in [0, 0.1) is 5.92 Å². The number of hydrogen-bond acceptors (Lipinski definition) is 6. The Balaban J connectivity index is 1.85. The molecule has 1 aromatic rings. The molecule has 0 unspecified atom stereocenters. The minimum Gasteiger partial charge on any atom is -0.330 e. The van der Waals surface area contributed by atoms with Gasteiger partial charge in [-0.2, -0.15) is 5.10 Å². The molecular weight excluding hydrogens is 316 g/mol. The van der Waals surface area contributed by atoms with E-state index in [-0.39, 0.29) is 35.2 Å². The van der Waals surface area contributed by atoms with Crippen LogP contribution in [0.4, 0.5) is 0 Å². The van der Waals surface area contributed by atoms with E-state index in [2.05, 4.69) is 28.9 Å². The van der Waals surface area contributed by atoms with Crippen LogP contribution >= 0.6 is 0 Å². The van der Waals surface area contributed by atoms with E-state index < -0.39 is 9.84 Å². The van der Waals surface area contributed by atoms with Gasteiger partial charge >= 0.3 is 0 Å². The highest BCUT2D eigenvalue weighted by Crippen LogP contribution is 2.28. The van der Waals surface area contributed by atoms with Crippen LogP contribution in [-0.4, -0.2) is 77.5 Å². The summed E-state index contributed by atoms with van der Waals surface area (Å²) < 4.78 is 24.3. The molecule has 2 saturated heterocycles. The van der Waals surface area contributed by atoms with Gasteiger partial charge in [-0.1, -0.05) is 13.8 Å². The fraction of sp³-hybridized carbons (Fsp3) is 0.667. The summed E-state index contributed by atoms with van der Waals surface area (Å²) in [6, 6.07) is 2.88. The first-order valence-electron chi connectivity index (χ1n) is 7.90. The molecule has 7 nitrogen and oxygen atoms in total. The maximum absolute atomic E-state index is 12.7. The van der Waals surface area contributed by atoms with Crippen molar-refractivity contribution in [3.05, 3.63) is 24.0 Å². The van der Waals surface area contributed by atoms with Crippen molar-refractivity contribution in [1.29, 1.82) is 0 Å². The predicted molar refractivity (Wildman–Crippen MR) is 85.7 cm³/mol. The number of aromatic nitrogens is 2. The molecule has 3 rings (SSSR count). The topological polar surface area (TPSA) is 83.5 Å². The van der Waals surface area contributed by atoms with Crippen LogP contribution in [0.3, 0.4) is 0 Å². The van der Waals surface area contributed by atoms with Crippen molar-refractivity contribution in [3.8, 4) is 0 Å². The molecule has 0 radical (unpaired) electrons. The van der Waals surface area contributed by atoms with Crippen LogP contribution in [0.25, 0.3) is 0 Å². The Bertz CT molecular complexity index is 677. The summed E-state index contributed by atoms with van der Waals surface area (Å²) in [5.74, 6) is 0.406. The first-order chi connectivity index (χ1) is 10.9. The number of rotatable bonds is 3. The molecule has 2 aliphatic heterocycles. The maximum atomic E-state index is 12.7. The molecule has 0 saturated carbocycles. The van der Waals surface area contributed by atoms with Crippen LogP contribution in [-0.2, 0) is 9.84 Å². The molecule has 2 aliphatic rings. The summed E-state index contributed by atoms with van der Waals surface area (Å²) in [5, 5.41) is 7.61. The zero-order valence-electron chi connectivity index (χ0n) is 13.4. The highest BCUT2D eigenvalue weighted by molar-refractivity contribution is 7.91. The average molecular weight is 338 g/mol. The monoisotopic (exact) mass is 338 g/mol. The van der Waals surface area contributed by atoms with E-state index in [4.69, 9.17) is 0 Å². The Morgan fingerprint density at radius 2 is 2.04 bits per heavy atom. The second kappa shape index (κ2) is 6.16. The van der Waals surface area contributed by atoms with E-state index in [0.29, 0.717) is 19.0 Å². The Labute approximate surface area is 136 Å². The first-order valence-corrected chi connectivity index (χ1v) is 9.72. The van der Waals surface area contributed by atoms with E-state index in [9.17, 15) is 13.2 Å². The largest absolute Gasteiger partial charge is 0.330 e. The van der Waals surface area contributed by atoms with Crippen molar-refractivity contribution >= 4 is 15.7 Å². The van der Waals surface area contributed by atoms with Crippen LogP contribution in [0.5, 0.6) is 0 Å². The number of carbonyl (C=O) groups is 1. The predicted octanol–water partition coefficient (Wildman–Crippen LogP) is 0.0560. The third kappa shape index (κ3) is 3.37. The van der Waals surface area contributed by atoms with Crippen LogP contribution in [0.1, 0.15) is 24.3 Å². The second-order valence-corrected chi connectivity index (χ2v) is 8.86. The van der Waals surface area contributed by atoms with Gasteiger partial charge < -0.3 is 4.90 Å². The number of hydrogen-bond donors (Lipinski definition) is 0. The lowest BCUT2D eigenvalue weighted by Gasteiger charge is -2.44. The van der Waals surface area contributed by atoms with Gasteiger partial charge in [-0.3, -0.25) is 9.69 Å². The van der Waals surface area contributed by atoms with Gasteiger partial charge in [0.2, 0.25) is 0 Å². The zero-order valence-corrected chi connectivity index (χ0v) is 14.2. The van der Waals surface area contributed by atoms with E-state index in [0.717, 1.165) is 6.54 Å². The molecule has 2 fully saturated rings. The molecule has 1 aromatic heterocycles. The van der Waals surface area contributed by atoms with Crippen LogP contribution < -0.4 is 0 Å². The van der Waals surface area contributed by atoms with Gasteiger partial charge in [-0.05, 0) is 18.1 Å². The molecule has 0 spiro atoms. The fourth-order valence-electron chi connectivity index (χ4n) is 3.54. The molecule has 0 N–H and O–H groups in total. The van der Waals surface area contributed by atoms with Gasteiger partial charge in [0.05, 0.1) is 17.5 Å². The smallest absolute Gasteiger partial charge is 0.274 e. The average Bonchev–Trinajstić information content (AvgIpc) is 2.83. The van der Waals surface area contributed by atoms with Crippen molar-refractivity contribution in [1.82, 2.24) is 20.0 Å². The molecule has 126 valence electrons. The van der Waals surface area contributed by atoms with Crippen molar-refractivity contribution in [3.63, 3.8) is 0 Å². The summed E-state index contributed by atoms with van der Waals surface area (Å²) in [7, 11) is -3.12. The van der Waals surface area contributed by atoms with Gasteiger partial charge in [-0.15, -0.1) is 5.10 Å². The fourth-order valence-corrected chi connectivity index (χ4v) is 5.55. The molecule has 3 heterocycles. The van der Waals surface area contributed by atoms with E-state index >= 15 is 0 Å². The summed E-state index contributed by atoms with van der Waals surface area (Å²) >= 11 is 0. The molecule has 23 heavy (non-hydrogen) atoms. The summed E-state index contributed by atoms with van der Waals surface area (Å²) in [6.45, 7) is 6.31. The lowest BCUT2D eigenvalue weighted by molar-refractivity contribution is 0.0291. The van der Waals surface area contributed by atoms with Crippen LogP contribution in [0.2, 0.25) is 0 Å². The van der Waals surface area contributed by atoms with Gasteiger partial charge in [-0.25, -0.2) is 8.42 Å². The van der Waals surface area contributed by atoms with E-state index in [1.807, 2.05) is 0 Å². The minimum atomic E-state index is -3.12. The van der Waals surface area contributed by atoms with Crippen molar-refractivity contribution in [2.75, 3.05) is 31.1 Å². The quantitative estimate of drug-likeness (QED) is 0.775. The number of amides is 1. The lowest BCUT2D eigenvalue weighted by atomic mass is 10.0. The van der Waals surface area contributed by atoms with Crippen LogP contribution in [0.15, 0.2) is 18.3 Å². The normalized spacial score (nSPS) is 27.2. The Kier molecular flexibility index (Phi) is 4.37. The SMILES string of the molecule is CC(C)CN1CCN(C(=O)c2cccnn2)[C@@H]2CS(=O)(=O)C[C@@H]21. The number of piperazine rings is 1. The highest BCUT2D eigenvalue weighted by atomic mass is 32.2. The Morgan fingerprint density at radius 1 is 1.30 bits per heavy atom. The molecule has 0 aliphatic carbocycles. The Morgan fingerprint density at radius 3 is 2.70 bits per heavy atom. The zero-order chi connectivity index (χ0) is 16.6. The van der Waals surface area contributed by atoms with Gasteiger partial charge in [0.25, 0.3) is 5.91 Å². The number of sulfone groups is 1. The third-order valence-electron chi connectivity index (χ3n) is 4.44. The molecule has 1 amide bonds. The summed E-state index contributed by atoms with van der Waals surface area (Å²) in [6.07, 6.45) is 1.51. The molecule has 0 aromatic carbocycles. The van der Waals surface area contributed by atoms with Gasteiger partial charge in [0.1, 0.15) is 0 Å². The van der Waals surface area contributed by atoms with Gasteiger partial charge in [0.15, 0.2) is 15.5 Å². The minimum absolute atomic E-state index is 0.0399. The second-order valence-electron chi connectivity index (χ2n) is 6.71. The summed E-state index contributed by atoms with van der Waals surface area (Å²) in [5.41, 5.74) is 0.271. The van der Waals surface area contributed by atoms with Crippen molar-refractivity contribution in [2.45, 2.75) is 25.9 Å². The molecular formula is C15H22N4O3S. The lowest BCUT2D eigenvalue weighted by Crippen LogP contribution is -2.61. The van der Waals surface area contributed by atoms with Crippen molar-refractivity contribution in [2.24, 2.45) is 5.92 Å². The molecule has 2 atom stereocenters.